The van der Waals surface area contributed by atoms with Crippen LogP contribution in [0.15, 0.2) is 72.8 Å². The molecule has 3 rings (SSSR count). The predicted molar refractivity (Wildman–Crippen MR) is 121 cm³/mol. The molecule has 31 heavy (non-hydrogen) atoms. The van der Waals surface area contributed by atoms with E-state index in [0.717, 1.165) is 17.2 Å². The molecule has 1 N–H and O–H groups in total. The van der Waals surface area contributed by atoms with Crippen LogP contribution in [0.3, 0.4) is 0 Å². The normalized spacial score (nSPS) is 10.5. The Morgan fingerprint density at radius 3 is 2.32 bits per heavy atom. The van der Waals surface area contributed by atoms with Gasteiger partial charge in [-0.3, -0.25) is 19.7 Å². The third kappa shape index (κ3) is 6.01. The van der Waals surface area contributed by atoms with Crippen LogP contribution in [0.2, 0.25) is 0 Å². The van der Waals surface area contributed by atoms with Gasteiger partial charge in [0.25, 0.3) is 5.91 Å². The van der Waals surface area contributed by atoms with Crippen molar-refractivity contribution >= 4 is 36.7 Å². The van der Waals surface area contributed by atoms with E-state index in [1.165, 1.54) is 12.1 Å². The highest BCUT2D eigenvalue weighted by Crippen LogP contribution is 2.28. The topological polar surface area (TPSA) is 98.5 Å². The number of ether oxygens (including phenoxy) is 1. The number of nitro benzene ring substituents is 1. The Labute approximate surface area is 185 Å². The lowest BCUT2D eigenvalue weighted by Crippen LogP contribution is -2.21. The molecule has 0 fully saturated rings. The molecule has 0 radical (unpaired) electrons. The van der Waals surface area contributed by atoms with Crippen LogP contribution in [0, 0.1) is 10.1 Å². The first kappa shape index (κ1) is 22.2. The zero-order valence-corrected chi connectivity index (χ0v) is 17.9. The summed E-state index contributed by atoms with van der Waals surface area (Å²) >= 11 is 4.73. The Morgan fingerprint density at radius 2 is 1.68 bits per heavy atom. The van der Waals surface area contributed by atoms with Gasteiger partial charge in [0.15, 0.2) is 0 Å². The van der Waals surface area contributed by atoms with Gasteiger partial charge in [-0.25, -0.2) is 0 Å². The van der Waals surface area contributed by atoms with E-state index in [1.54, 1.807) is 0 Å². The summed E-state index contributed by atoms with van der Waals surface area (Å²) in [5, 5.41) is 13.9. The molecular weight excluding hydrogens is 435 g/mol. The monoisotopic (exact) mass is 452 g/mol. The molecular formula is C22H17N2O5PS. The zero-order valence-electron chi connectivity index (χ0n) is 16.2. The lowest BCUT2D eigenvalue weighted by Gasteiger charge is -2.08. The fraction of sp³-hybridized carbons (Fsp3) is 0.0909. The van der Waals surface area contributed by atoms with Gasteiger partial charge >= 0.3 is 11.7 Å². The number of hydrogen-bond donors (Lipinski definition) is 1. The van der Waals surface area contributed by atoms with Crippen LogP contribution in [0.4, 0.5) is 5.69 Å². The third-order valence-corrected chi connectivity index (χ3v) is 5.03. The number of rotatable bonds is 8. The molecule has 0 heterocycles. The minimum atomic E-state index is -0.695. The molecule has 9 heteroatoms. The van der Waals surface area contributed by atoms with Gasteiger partial charge < -0.3 is 10.1 Å². The molecule has 156 valence electrons. The Balaban J connectivity index is 1.70. The number of nitrogens with one attached hydrogen (secondary N) is 1. The lowest BCUT2D eigenvalue weighted by molar-refractivity contribution is -0.385. The van der Waals surface area contributed by atoms with E-state index in [1.807, 2.05) is 54.6 Å². The average molecular weight is 452 g/mol. The first-order valence-electron chi connectivity index (χ1n) is 9.18. The van der Waals surface area contributed by atoms with Crippen LogP contribution in [0.5, 0.6) is 5.75 Å². The number of carbonyl (C=O) groups is 2. The van der Waals surface area contributed by atoms with Gasteiger partial charge in [0.1, 0.15) is 0 Å². The van der Waals surface area contributed by atoms with Crippen molar-refractivity contribution in [3.05, 3.63) is 94.0 Å². The van der Waals surface area contributed by atoms with Crippen LogP contribution in [0.1, 0.15) is 15.9 Å². The molecule has 3 aromatic carbocycles. The molecule has 0 aliphatic rings. The van der Waals surface area contributed by atoms with Crippen molar-refractivity contribution in [1.82, 2.24) is 5.32 Å². The molecule has 0 aromatic heterocycles. The fourth-order valence-corrected chi connectivity index (χ4v) is 3.27. The maximum atomic E-state index is 12.3. The Bertz CT molecular complexity index is 1120. The van der Waals surface area contributed by atoms with E-state index in [4.69, 9.17) is 16.5 Å². The molecule has 0 saturated carbocycles. The second-order valence-corrected chi connectivity index (χ2v) is 7.80. The SMILES string of the molecule is O=C(Cc1ccc(-c2ccccc2)cc1)Oc1ccc(C(=O)NCP=S)cc1[N+](=O)[O-]. The summed E-state index contributed by atoms with van der Waals surface area (Å²) in [6.07, 6.45) is 0.203. The largest absolute Gasteiger partial charge is 0.419 e. The van der Waals surface area contributed by atoms with E-state index in [0.29, 0.717) is 12.9 Å². The third-order valence-electron chi connectivity index (χ3n) is 4.36. The highest BCUT2D eigenvalue weighted by Gasteiger charge is 2.21. The van der Waals surface area contributed by atoms with Crippen LogP contribution < -0.4 is 10.1 Å². The predicted octanol–water partition coefficient (Wildman–Crippen LogP) is 4.51. The summed E-state index contributed by atoms with van der Waals surface area (Å²) in [5.74, 6) is -1.34. The minimum Gasteiger partial charge on any atom is -0.419 e. The Morgan fingerprint density at radius 1 is 1.00 bits per heavy atom. The molecule has 0 aliphatic heterocycles. The summed E-state index contributed by atoms with van der Waals surface area (Å²) < 4.78 is 5.21. The number of benzene rings is 3. The fourth-order valence-electron chi connectivity index (χ4n) is 2.86. The standard InChI is InChI=1S/C22H17N2O5PS/c25-21(12-15-6-8-17(9-7-15)16-4-2-1-3-5-16)29-20-11-10-18(13-19(20)24(27)28)22(26)23-14-30-31/h1-11,13H,12,14H2,(H,23,26). The number of nitrogens with zero attached hydrogens (tertiary/aromatic N) is 1. The quantitative estimate of drug-likeness (QED) is 0.178. The van der Waals surface area contributed by atoms with E-state index >= 15 is 0 Å². The van der Waals surface area contributed by atoms with E-state index < -0.39 is 22.5 Å². The molecule has 0 saturated heterocycles. The van der Waals surface area contributed by atoms with Gasteiger partial charge in [0, 0.05) is 11.6 Å². The van der Waals surface area contributed by atoms with Gasteiger partial charge in [0.2, 0.25) is 5.75 Å². The Kier molecular flexibility index (Phi) is 7.54. The summed E-state index contributed by atoms with van der Waals surface area (Å²) in [6.45, 7) is 0. The average Bonchev–Trinajstić information content (AvgIpc) is 2.78. The van der Waals surface area contributed by atoms with Crippen molar-refractivity contribution in [2.75, 3.05) is 6.29 Å². The first-order valence-corrected chi connectivity index (χ1v) is 11.3. The van der Waals surface area contributed by atoms with Gasteiger partial charge in [-0.15, -0.1) is 0 Å². The van der Waals surface area contributed by atoms with Gasteiger partial charge in [-0.2, -0.15) is 0 Å². The number of esters is 1. The molecule has 0 aliphatic carbocycles. The molecule has 0 spiro atoms. The minimum absolute atomic E-state index is 0.0492. The zero-order chi connectivity index (χ0) is 22.2. The highest BCUT2D eigenvalue weighted by atomic mass is 32.4. The molecule has 0 atom stereocenters. The van der Waals surface area contributed by atoms with Gasteiger partial charge in [0.05, 0.1) is 17.6 Å². The molecule has 0 bridgehead atoms. The van der Waals surface area contributed by atoms with Gasteiger partial charge in [-0.05, 0) is 36.2 Å². The van der Waals surface area contributed by atoms with Crippen molar-refractivity contribution < 1.29 is 19.2 Å². The van der Waals surface area contributed by atoms with Crippen LogP contribution in [-0.2, 0) is 23.0 Å². The molecule has 0 unspecified atom stereocenters. The maximum Gasteiger partial charge on any atom is 0.315 e. The van der Waals surface area contributed by atoms with Crippen LogP contribution in [-0.4, -0.2) is 23.1 Å². The maximum absolute atomic E-state index is 12.3. The van der Waals surface area contributed by atoms with Crippen molar-refractivity contribution in [3.63, 3.8) is 0 Å². The second-order valence-electron chi connectivity index (χ2n) is 6.45. The number of hydrogen-bond acceptors (Lipinski definition) is 6. The van der Waals surface area contributed by atoms with Crippen molar-refractivity contribution in [1.29, 1.82) is 0 Å². The van der Waals surface area contributed by atoms with Gasteiger partial charge in [-0.1, -0.05) is 66.4 Å². The van der Waals surface area contributed by atoms with Crippen molar-refractivity contribution in [3.8, 4) is 16.9 Å². The molecule has 3 aromatic rings. The highest BCUT2D eigenvalue weighted by molar-refractivity contribution is 7.96. The summed E-state index contributed by atoms with van der Waals surface area (Å²) in [6, 6.07) is 20.9. The summed E-state index contributed by atoms with van der Waals surface area (Å²) in [4.78, 5) is 35.0. The van der Waals surface area contributed by atoms with Crippen molar-refractivity contribution in [2.24, 2.45) is 0 Å². The summed E-state index contributed by atoms with van der Waals surface area (Å²) in [5.41, 5.74) is 2.41. The molecule has 1 amide bonds. The number of carbonyl (C=O) groups excluding carboxylic acids is 2. The van der Waals surface area contributed by atoms with E-state index in [-0.39, 0.29) is 24.0 Å². The van der Waals surface area contributed by atoms with E-state index in [9.17, 15) is 19.7 Å². The van der Waals surface area contributed by atoms with E-state index in [2.05, 4.69) is 5.32 Å². The van der Waals surface area contributed by atoms with Crippen LogP contribution >= 0.6 is 7.36 Å². The number of amides is 1. The molecule has 7 nitrogen and oxygen atoms in total. The summed E-state index contributed by atoms with van der Waals surface area (Å²) in [7, 11) is 0.551. The van der Waals surface area contributed by atoms with Crippen molar-refractivity contribution in [2.45, 2.75) is 6.42 Å². The van der Waals surface area contributed by atoms with Crippen LogP contribution in [0.25, 0.3) is 11.1 Å². The Hall–Kier alpha value is -3.48. The second kappa shape index (κ2) is 10.5. The lowest BCUT2D eigenvalue weighted by atomic mass is 10.0. The number of nitro groups is 1. The first-order chi connectivity index (χ1) is 15.0. The smallest absolute Gasteiger partial charge is 0.315 e.